The Morgan fingerprint density at radius 2 is 1.81 bits per heavy atom. The van der Waals surface area contributed by atoms with E-state index in [0.717, 1.165) is 25.3 Å². The van der Waals surface area contributed by atoms with Crippen LogP contribution in [0.1, 0.15) is 27.7 Å². The fourth-order valence-corrected chi connectivity index (χ4v) is 4.50. The van der Waals surface area contributed by atoms with Gasteiger partial charge >= 0.3 is 0 Å². The lowest BCUT2D eigenvalue weighted by Gasteiger charge is -2.38. The minimum atomic E-state index is 0.133. The SMILES string of the molecule is Cn1cc(CN2C[C@@H]3[C@H](C2)n2cccc2C(=O)N3Cc2ccccc2)cn1. The molecule has 27 heavy (non-hydrogen) atoms. The summed E-state index contributed by atoms with van der Waals surface area (Å²) in [5, 5.41) is 4.28. The molecule has 2 aromatic heterocycles. The first kappa shape index (κ1) is 16.3. The Bertz CT molecular complexity index is 960. The fourth-order valence-electron chi connectivity index (χ4n) is 4.50. The molecule has 1 fully saturated rings. The summed E-state index contributed by atoms with van der Waals surface area (Å²) >= 11 is 0. The van der Waals surface area contributed by atoms with E-state index >= 15 is 0 Å². The van der Waals surface area contributed by atoms with Gasteiger partial charge in [0.2, 0.25) is 0 Å². The first-order valence-electron chi connectivity index (χ1n) is 9.40. The number of likely N-dealkylation sites (tertiary alicyclic amines) is 1. The van der Waals surface area contributed by atoms with E-state index in [1.807, 2.05) is 48.3 Å². The van der Waals surface area contributed by atoms with Crippen molar-refractivity contribution in [3.63, 3.8) is 0 Å². The summed E-state index contributed by atoms with van der Waals surface area (Å²) in [5.41, 5.74) is 3.19. The molecule has 0 unspecified atom stereocenters. The molecular weight excluding hydrogens is 338 g/mol. The Balaban J connectivity index is 1.43. The second-order valence-corrected chi connectivity index (χ2v) is 7.57. The molecule has 0 saturated carbocycles. The van der Waals surface area contributed by atoms with Crippen LogP contribution < -0.4 is 0 Å². The maximum atomic E-state index is 13.2. The molecule has 4 heterocycles. The van der Waals surface area contributed by atoms with Gasteiger partial charge in [0.15, 0.2) is 0 Å². The van der Waals surface area contributed by atoms with E-state index in [1.54, 1.807) is 0 Å². The van der Waals surface area contributed by atoms with Crippen molar-refractivity contribution in [3.8, 4) is 0 Å². The summed E-state index contributed by atoms with van der Waals surface area (Å²) in [6.07, 6.45) is 6.05. The summed E-state index contributed by atoms with van der Waals surface area (Å²) in [5.74, 6) is 0.133. The monoisotopic (exact) mass is 361 g/mol. The van der Waals surface area contributed by atoms with E-state index in [9.17, 15) is 4.79 Å². The van der Waals surface area contributed by atoms with Crippen LogP contribution in [-0.2, 0) is 20.1 Å². The van der Waals surface area contributed by atoms with Gasteiger partial charge in [-0.1, -0.05) is 30.3 Å². The van der Waals surface area contributed by atoms with Crippen LogP contribution in [-0.4, -0.2) is 49.2 Å². The van der Waals surface area contributed by atoms with Gasteiger partial charge in [-0.25, -0.2) is 0 Å². The van der Waals surface area contributed by atoms with Crippen molar-refractivity contribution < 1.29 is 4.79 Å². The smallest absolute Gasteiger partial charge is 0.271 e. The summed E-state index contributed by atoms with van der Waals surface area (Å²) in [6.45, 7) is 3.35. The number of hydrogen-bond donors (Lipinski definition) is 0. The quantitative estimate of drug-likeness (QED) is 0.716. The minimum Gasteiger partial charge on any atom is -0.337 e. The van der Waals surface area contributed by atoms with Crippen molar-refractivity contribution in [1.82, 2.24) is 24.1 Å². The number of fused-ring (bicyclic) bond motifs is 3. The lowest BCUT2D eigenvalue weighted by molar-refractivity contribution is 0.0556. The normalized spacial score (nSPS) is 22.1. The van der Waals surface area contributed by atoms with Crippen LogP contribution in [0.5, 0.6) is 0 Å². The average molecular weight is 361 g/mol. The number of amides is 1. The molecule has 2 aliphatic heterocycles. The van der Waals surface area contributed by atoms with E-state index in [-0.39, 0.29) is 11.9 Å². The third kappa shape index (κ3) is 2.86. The Kier molecular flexibility index (Phi) is 3.86. The number of aromatic nitrogens is 3. The van der Waals surface area contributed by atoms with Crippen molar-refractivity contribution in [2.75, 3.05) is 13.1 Å². The maximum absolute atomic E-state index is 13.2. The Labute approximate surface area is 158 Å². The summed E-state index contributed by atoms with van der Waals surface area (Å²) < 4.78 is 4.02. The van der Waals surface area contributed by atoms with Gasteiger partial charge in [0.1, 0.15) is 5.69 Å². The molecule has 6 nitrogen and oxygen atoms in total. The maximum Gasteiger partial charge on any atom is 0.271 e. The molecule has 1 saturated heterocycles. The van der Waals surface area contributed by atoms with Crippen LogP contribution in [0.15, 0.2) is 61.1 Å². The number of nitrogens with zero attached hydrogens (tertiary/aromatic N) is 5. The average Bonchev–Trinajstić information content (AvgIpc) is 3.39. The van der Waals surface area contributed by atoms with Crippen molar-refractivity contribution in [3.05, 3.63) is 77.9 Å². The van der Waals surface area contributed by atoms with Gasteiger partial charge in [-0.15, -0.1) is 0 Å². The van der Waals surface area contributed by atoms with E-state index < -0.39 is 0 Å². The van der Waals surface area contributed by atoms with Crippen LogP contribution in [0.25, 0.3) is 0 Å². The number of carbonyl (C=O) groups is 1. The molecule has 6 heteroatoms. The minimum absolute atomic E-state index is 0.133. The van der Waals surface area contributed by atoms with E-state index in [2.05, 4.69) is 44.0 Å². The topological polar surface area (TPSA) is 46.3 Å². The summed E-state index contributed by atoms with van der Waals surface area (Å²) in [7, 11) is 1.94. The van der Waals surface area contributed by atoms with E-state index in [4.69, 9.17) is 0 Å². The largest absolute Gasteiger partial charge is 0.337 e. The highest BCUT2D eigenvalue weighted by Crippen LogP contribution is 2.35. The molecule has 0 spiro atoms. The van der Waals surface area contributed by atoms with Crippen LogP contribution in [0.3, 0.4) is 0 Å². The summed E-state index contributed by atoms with van der Waals surface area (Å²) in [6, 6.07) is 14.7. The number of aryl methyl sites for hydroxylation is 1. The van der Waals surface area contributed by atoms with E-state index in [1.165, 1.54) is 11.1 Å². The zero-order chi connectivity index (χ0) is 18.4. The number of benzene rings is 1. The second-order valence-electron chi connectivity index (χ2n) is 7.57. The lowest BCUT2D eigenvalue weighted by Crippen LogP contribution is -2.49. The van der Waals surface area contributed by atoms with Gasteiger partial charge < -0.3 is 9.47 Å². The predicted molar refractivity (Wildman–Crippen MR) is 102 cm³/mol. The standard InChI is InChI=1S/C21H23N5O/c1-23-11-17(10-22-23)12-24-14-19-20(15-24)26(13-16-6-3-2-4-7-16)21(27)18-8-5-9-25(18)19/h2-11,19-20H,12-15H2,1H3/t19-,20+/m0/s1. The van der Waals surface area contributed by atoms with Gasteiger partial charge in [-0.3, -0.25) is 14.4 Å². The van der Waals surface area contributed by atoms with Gasteiger partial charge in [0.05, 0.1) is 18.3 Å². The zero-order valence-electron chi connectivity index (χ0n) is 15.4. The van der Waals surface area contributed by atoms with Crippen molar-refractivity contribution >= 4 is 5.91 Å². The highest BCUT2D eigenvalue weighted by Gasteiger charge is 2.44. The Hall–Kier alpha value is -2.86. The summed E-state index contributed by atoms with van der Waals surface area (Å²) in [4.78, 5) is 17.7. The Morgan fingerprint density at radius 1 is 1.00 bits per heavy atom. The number of carbonyl (C=O) groups excluding carboxylic acids is 1. The molecule has 1 amide bonds. The zero-order valence-corrected chi connectivity index (χ0v) is 15.4. The number of hydrogen-bond acceptors (Lipinski definition) is 3. The predicted octanol–water partition coefficient (Wildman–Crippen LogP) is 2.30. The Morgan fingerprint density at radius 3 is 2.59 bits per heavy atom. The third-order valence-electron chi connectivity index (χ3n) is 5.71. The molecule has 0 N–H and O–H groups in total. The molecule has 0 bridgehead atoms. The first-order valence-corrected chi connectivity index (χ1v) is 9.40. The van der Waals surface area contributed by atoms with Gasteiger partial charge in [0.25, 0.3) is 5.91 Å². The molecular formula is C21H23N5O. The molecule has 1 aromatic carbocycles. The lowest BCUT2D eigenvalue weighted by atomic mass is 10.0. The molecule has 5 rings (SSSR count). The van der Waals surface area contributed by atoms with Crippen LogP contribution in [0.4, 0.5) is 0 Å². The molecule has 3 aromatic rings. The van der Waals surface area contributed by atoms with Crippen LogP contribution in [0, 0.1) is 0 Å². The van der Waals surface area contributed by atoms with Crippen LogP contribution >= 0.6 is 0 Å². The molecule has 0 aliphatic carbocycles. The van der Waals surface area contributed by atoms with Gasteiger partial charge in [0, 0.05) is 51.2 Å². The molecule has 138 valence electrons. The van der Waals surface area contributed by atoms with Crippen molar-refractivity contribution in [1.29, 1.82) is 0 Å². The second kappa shape index (κ2) is 6.39. The van der Waals surface area contributed by atoms with Crippen LogP contribution in [0.2, 0.25) is 0 Å². The van der Waals surface area contributed by atoms with Crippen molar-refractivity contribution in [2.45, 2.75) is 25.2 Å². The molecule has 2 aliphatic rings. The van der Waals surface area contributed by atoms with Crippen molar-refractivity contribution in [2.24, 2.45) is 7.05 Å². The highest BCUT2D eigenvalue weighted by molar-refractivity contribution is 5.94. The molecule has 2 atom stereocenters. The van der Waals surface area contributed by atoms with E-state index in [0.29, 0.717) is 12.6 Å². The molecule has 0 radical (unpaired) electrons. The van der Waals surface area contributed by atoms with Gasteiger partial charge in [-0.2, -0.15) is 5.10 Å². The first-order chi connectivity index (χ1) is 13.2. The highest BCUT2D eigenvalue weighted by atomic mass is 16.2. The van der Waals surface area contributed by atoms with Gasteiger partial charge in [-0.05, 0) is 17.7 Å². The fraction of sp³-hybridized carbons (Fsp3) is 0.333. The number of rotatable bonds is 4. The third-order valence-corrected chi connectivity index (χ3v) is 5.71.